The van der Waals surface area contributed by atoms with E-state index >= 15 is 0 Å². The molecule has 0 aliphatic heterocycles. The lowest BCUT2D eigenvalue weighted by Gasteiger charge is -2.01. The van der Waals surface area contributed by atoms with E-state index in [9.17, 15) is 4.79 Å². The molecule has 0 aromatic heterocycles. The van der Waals surface area contributed by atoms with Gasteiger partial charge in [0, 0.05) is 6.42 Å². The van der Waals surface area contributed by atoms with Gasteiger partial charge in [-0.05, 0) is 5.92 Å². The second-order valence-corrected chi connectivity index (χ2v) is 2.13. The average molecular weight is 111 g/mol. The minimum atomic E-state index is 0.387. The van der Waals surface area contributed by atoms with Gasteiger partial charge in [-0.25, -0.2) is 0 Å². The predicted octanol–water partition coefficient (Wildman–Crippen LogP) is 1.70. The van der Waals surface area contributed by atoms with Crippen molar-refractivity contribution in [2.24, 2.45) is 5.92 Å². The first kappa shape index (κ1) is 7.41. The Morgan fingerprint density at radius 2 is 2.25 bits per heavy atom. The maximum absolute atomic E-state index is 9.73. The van der Waals surface area contributed by atoms with Crippen molar-refractivity contribution in [2.75, 3.05) is 0 Å². The Morgan fingerprint density at radius 1 is 1.75 bits per heavy atom. The van der Waals surface area contributed by atoms with Gasteiger partial charge in [0.2, 0.25) is 6.29 Å². The molecule has 8 heavy (non-hydrogen) atoms. The van der Waals surface area contributed by atoms with E-state index in [1.807, 2.05) is 13.8 Å². The second kappa shape index (κ2) is 3.42. The first-order chi connectivity index (χ1) is 3.68. The van der Waals surface area contributed by atoms with Crippen molar-refractivity contribution in [3.63, 3.8) is 0 Å². The highest BCUT2D eigenvalue weighted by Gasteiger charge is 1.97. The van der Waals surface area contributed by atoms with Crippen molar-refractivity contribution < 1.29 is 4.79 Å². The molecule has 0 aromatic carbocycles. The summed E-state index contributed by atoms with van der Waals surface area (Å²) in [5, 5.41) is 0. The SMILES string of the molecule is C=C(C[C]=O)C(C)C. The Kier molecular flexibility index (Phi) is 3.16. The molecule has 0 amide bonds. The monoisotopic (exact) mass is 111 g/mol. The lowest BCUT2D eigenvalue weighted by molar-refractivity contribution is 0.552. The number of hydrogen-bond acceptors (Lipinski definition) is 1. The van der Waals surface area contributed by atoms with Crippen molar-refractivity contribution in [3.05, 3.63) is 12.2 Å². The van der Waals surface area contributed by atoms with Crippen molar-refractivity contribution in [3.8, 4) is 0 Å². The molecule has 0 fully saturated rings. The van der Waals surface area contributed by atoms with Gasteiger partial charge >= 0.3 is 0 Å². The molecule has 0 saturated carbocycles. The highest BCUT2D eigenvalue weighted by atomic mass is 16.1. The maximum Gasteiger partial charge on any atom is 0.202 e. The van der Waals surface area contributed by atoms with E-state index in [1.165, 1.54) is 0 Å². The molecule has 1 nitrogen and oxygen atoms in total. The van der Waals surface area contributed by atoms with Crippen LogP contribution in [0.25, 0.3) is 0 Å². The van der Waals surface area contributed by atoms with E-state index in [4.69, 9.17) is 0 Å². The fourth-order valence-electron chi connectivity index (χ4n) is 0.297. The predicted molar refractivity (Wildman–Crippen MR) is 34.3 cm³/mol. The van der Waals surface area contributed by atoms with Crippen LogP contribution in [0, 0.1) is 5.92 Å². The fraction of sp³-hybridized carbons (Fsp3) is 0.571. The van der Waals surface area contributed by atoms with Crippen LogP contribution in [0.15, 0.2) is 12.2 Å². The summed E-state index contributed by atoms with van der Waals surface area (Å²) in [5.41, 5.74) is 0.958. The third-order valence-corrected chi connectivity index (χ3v) is 1.12. The molecule has 1 heteroatoms. The minimum absolute atomic E-state index is 0.387. The highest BCUT2D eigenvalue weighted by Crippen LogP contribution is 2.07. The van der Waals surface area contributed by atoms with Crippen LogP contribution in [-0.4, -0.2) is 6.29 Å². The summed E-state index contributed by atoms with van der Waals surface area (Å²) in [6, 6.07) is 0. The maximum atomic E-state index is 9.73. The average Bonchev–Trinajstić information content (AvgIpc) is 1.67. The molecule has 0 atom stereocenters. The molecule has 0 saturated heterocycles. The van der Waals surface area contributed by atoms with Gasteiger partial charge in [0.15, 0.2) is 0 Å². The van der Waals surface area contributed by atoms with Crippen LogP contribution in [0.1, 0.15) is 20.3 Å². The van der Waals surface area contributed by atoms with Crippen LogP contribution in [0.2, 0.25) is 0 Å². The largest absolute Gasteiger partial charge is 0.291 e. The van der Waals surface area contributed by atoms with Crippen LogP contribution < -0.4 is 0 Å². The van der Waals surface area contributed by atoms with Crippen molar-refractivity contribution in [1.82, 2.24) is 0 Å². The molecule has 0 spiro atoms. The molecule has 45 valence electrons. The van der Waals surface area contributed by atoms with E-state index < -0.39 is 0 Å². The summed E-state index contributed by atoms with van der Waals surface area (Å²) < 4.78 is 0. The Bertz CT molecular complexity index is 92.6. The number of rotatable bonds is 3. The minimum Gasteiger partial charge on any atom is -0.291 e. The van der Waals surface area contributed by atoms with Crippen molar-refractivity contribution in [1.29, 1.82) is 0 Å². The number of allylic oxidation sites excluding steroid dienone is 1. The molecule has 1 radical (unpaired) electrons. The van der Waals surface area contributed by atoms with Crippen LogP contribution >= 0.6 is 0 Å². The Morgan fingerprint density at radius 3 is 2.38 bits per heavy atom. The van der Waals surface area contributed by atoms with E-state index in [0.717, 1.165) is 5.57 Å². The Labute approximate surface area is 50.4 Å². The summed E-state index contributed by atoms with van der Waals surface area (Å²) in [6.07, 6.45) is 2.19. The molecule has 0 heterocycles. The first-order valence-electron chi connectivity index (χ1n) is 2.71. The van der Waals surface area contributed by atoms with Gasteiger partial charge in [0.05, 0.1) is 0 Å². The van der Waals surface area contributed by atoms with E-state index in [1.54, 1.807) is 6.29 Å². The lowest BCUT2D eigenvalue weighted by atomic mass is 10.0. The van der Waals surface area contributed by atoms with Gasteiger partial charge in [-0.15, -0.1) is 0 Å². The molecule has 0 aliphatic rings. The zero-order valence-corrected chi connectivity index (χ0v) is 5.40. The van der Waals surface area contributed by atoms with Gasteiger partial charge in [-0.2, -0.15) is 0 Å². The van der Waals surface area contributed by atoms with Gasteiger partial charge in [0.1, 0.15) is 0 Å². The topological polar surface area (TPSA) is 17.1 Å². The summed E-state index contributed by atoms with van der Waals surface area (Å²) in [7, 11) is 0. The third kappa shape index (κ3) is 2.56. The molecule has 0 N–H and O–H groups in total. The summed E-state index contributed by atoms with van der Waals surface area (Å²) in [4.78, 5) is 9.73. The summed E-state index contributed by atoms with van der Waals surface area (Å²) in [6.45, 7) is 7.71. The smallest absolute Gasteiger partial charge is 0.202 e. The molecule has 0 unspecified atom stereocenters. The van der Waals surface area contributed by atoms with E-state index in [0.29, 0.717) is 12.3 Å². The Balaban J connectivity index is 3.48. The Hall–Kier alpha value is -0.590. The van der Waals surface area contributed by atoms with Gasteiger partial charge in [-0.3, -0.25) is 4.79 Å². The zero-order chi connectivity index (χ0) is 6.57. The van der Waals surface area contributed by atoms with Gasteiger partial charge in [-0.1, -0.05) is 26.0 Å². The zero-order valence-electron chi connectivity index (χ0n) is 5.40. The van der Waals surface area contributed by atoms with Crippen LogP contribution in [0.4, 0.5) is 0 Å². The van der Waals surface area contributed by atoms with E-state index in [2.05, 4.69) is 6.58 Å². The number of carbonyl (C=O) groups excluding carboxylic acids is 1. The molecular weight excluding hydrogens is 100 g/mol. The van der Waals surface area contributed by atoms with Crippen molar-refractivity contribution in [2.45, 2.75) is 20.3 Å². The lowest BCUT2D eigenvalue weighted by Crippen LogP contribution is -1.91. The number of hydrogen-bond donors (Lipinski definition) is 0. The van der Waals surface area contributed by atoms with Crippen LogP contribution in [0.5, 0.6) is 0 Å². The summed E-state index contributed by atoms with van der Waals surface area (Å²) in [5.74, 6) is 0.413. The fourth-order valence-corrected chi connectivity index (χ4v) is 0.297. The molecule has 0 aromatic rings. The second-order valence-electron chi connectivity index (χ2n) is 2.13. The molecule has 0 bridgehead atoms. The molecular formula is C7H11O. The highest BCUT2D eigenvalue weighted by molar-refractivity contribution is 5.54. The third-order valence-electron chi connectivity index (χ3n) is 1.12. The molecule has 0 rings (SSSR count). The van der Waals surface area contributed by atoms with Crippen LogP contribution in [-0.2, 0) is 4.79 Å². The normalized spacial score (nSPS) is 9.38. The van der Waals surface area contributed by atoms with Gasteiger partial charge in [0.25, 0.3) is 0 Å². The summed E-state index contributed by atoms with van der Waals surface area (Å²) >= 11 is 0. The van der Waals surface area contributed by atoms with Gasteiger partial charge < -0.3 is 0 Å². The van der Waals surface area contributed by atoms with Crippen LogP contribution in [0.3, 0.4) is 0 Å². The first-order valence-corrected chi connectivity index (χ1v) is 2.71. The standard InChI is InChI=1S/C7H11O/c1-6(2)7(3)4-5-8/h6H,3-4H2,1-2H3. The quantitative estimate of drug-likeness (QED) is 0.506. The molecule has 0 aliphatic carbocycles. The van der Waals surface area contributed by atoms with E-state index in [-0.39, 0.29) is 0 Å². The van der Waals surface area contributed by atoms with Crippen molar-refractivity contribution >= 4 is 6.29 Å².